The van der Waals surface area contributed by atoms with Gasteiger partial charge in [-0.05, 0) is 68.2 Å². The van der Waals surface area contributed by atoms with E-state index in [1.807, 2.05) is 84.9 Å². The molecule has 1 saturated heterocycles. The van der Waals surface area contributed by atoms with E-state index in [2.05, 4.69) is 62.1 Å². The molecule has 1 aliphatic heterocycles. The predicted molar refractivity (Wildman–Crippen MR) is 295 cm³/mol. The Morgan fingerprint density at radius 3 is 1.81 bits per heavy atom. The van der Waals surface area contributed by atoms with Gasteiger partial charge in [0.2, 0.25) is 47.3 Å². The van der Waals surface area contributed by atoms with Gasteiger partial charge >= 0.3 is 0 Å². The molecule has 3 aromatic carbocycles. The summed E-state index contributed by atoms with van der Waals surface area (Å²) in [5, 5.41) is 20.7. The number of carbonyl (C=O) groups is 8. The molecule has 6 aromatic rings. The van der Waals surface area contributed by atoms with Crippen molar-refractivity contribution in [2.75, 3.05) is 13.1 Å². The fourth-order valence-electron chi connectivity index (χ4n) is 9.61. The molecule has 0 bridgehead atoms. The van der Waals surface area contributed by atoms with Crippen molar-refractivity contribution < 1.29 is 38.4 Å². The van der Waals surface area contributed by atoms with E-state index in [9.17, 15) is 38.4 Å². The van der Waals surface area contributed by atoms with E-state index in [4.69, 9.17) is 5.73 Å². The van der Waals surface area contributed by atoms with Crippen LogP contribution < -0.4 is 43.0 Å². The van der Waals surface area contributed by atoms with E-state index >= 15 is 0 Å². The molecule has 0 aliphatic carbocycles. The number of hydrogen-bond donors (Lipinski definition) is 11. The monoisotopic (exact) mass is 1080 g/mol. The Hall–Kier alpha value is -8.66. The average molecular weight is 1080 g/mol. The topological polar surface area (TPSA) is 323 Å². The maximum Gasteiger partial charge on any atom is 0.245 e. The second-order valence-corrected chi connectivity index (χ2v) is 20.4. The summed E-state index contributed by atoms with van der Waals surface area (Å²) in [6.07, 6.45) is 10.2. The van der Waals surface area contributed by atoms with Crippen molar-refractivity contribution in [3.8, 4) is 0 Å². The summed E-state index contributed by atoms with van der Waals surface area (Å²) in [4.78, 5) is 130. The third-order valence-corrected chi connectivity index (χ3v) is 14.1. The fourth-order valence-corrected chi connectivity index (χ4v) is 9.61. The Balaban J connectivity index is 0.981. The van der Waals surface area contributed by atoms with Gasteiger partial charge in [0.25, 0.3) is 0 Å². The standard InChI is InChI=1S/C57H72N14O8/c1-34(2)50(56(78)66-35(3)52(74)69-48(27-41-30-60-33-64-41)57(79)71-23-13-18-42(71)31-62-45(51(58)73)24-38-16-9-6-10-17-38)70-53(75)36(4)65-54(76)46(25-39-28-61-44-20-12-11-19-43(39)44)68-55(77)47(26-40-29-59-32-63-40)67-49(72)22-21-37-14-7-5-8-15-37/h5-12,14-17,19-20,28-30,32-36,42,45-48,50,61-62H,13,18,21-27,31H2,1-4H3,(H2,58,73)(H,59,63)(H,60,64)(H,65,76)(H,66,78)(H,67,72)(H,68,77)(H,69,74)(H,70,75)/t35-,36+,42+,45+,46+,47+,48+,50+/m1/s1. The summed E-state index contributed by atoms with van der Waals surface area (Å²) in [6.45, 7) is 7.03. The predicted octanol–water partition coefficient (Wildman–Crippen LogP) is 1.56. The minimum Gasteiger partial charge on any atom is -0.368 e. The lowest BCUT2D eigenvalue weighted by molar-refractivity contribution is -0.138. The lowest BCUT2D eigenvalue weighted by Crippen LogP contribution is -2.60. The van der Waals surface area contributed by atoms with Crippen molar-refractivity contribution in [1.29, 1.82) is 0 Å². The van der Waals surface area contributed by atoms with Crippen LogP contribution in [-0.4, -0.2) is 139 Å². The largest absolute Gasteiger partial charge is 0.368 e. The number of carbonyl (C=O) groups excluding carboxylic acids is 8. The highest BCUT2D eigenvalue weighted by Gasteiger charge is 2.37. The molecule has 12 N–H and O–H groups in total. The molecule has 3 aromatic heterocycles. The number of aromatic amines is 3. The maximum atomic E-state index is 14.4. The molecule has 0 radical (unpaired) electrons. The highest BCUT2D eigenvalue weighted by atomic mass is 16.2. The van der Waals surface area contributed by atoms with Gasteiger partial charge < -0.3 is 62.8 Å². The molecule has 8 amide bonds. The van der Waals surface area contributed by atoms with Crippen LogP contribution in [0.1, 0.15) is 75.0 Å². The zero-order chi connectivity index (χ0) is 56.4. The van der Waals surface area contributed by atoms with Crippen LogP contribution in [0.15, 0.2) is 116 Å². The Kier molecular flexibility index (Phi) is 20.6. The van der Waals surface area contributed by atoms with E-state index in [0.717, 1.165) is 22.0 Å². The number of benzene rings is 3. The molecule has 1 fully saturated rings. The van der Waals surface area contributed by atoms with Crippen molar-refractivity contribution >= 4 is 58.2 Å². The summed E-state index contributed by atoms with van der Waals surface area (Å²) in [6, 6.07) is 18.4. The lowest BCUT2D eigenvalue weighted by atomic mass is 10.0. The zero-order valence-corrected chi connectivity index (χ0v) is 44.9. The molecule has 0 spiro atoms. The van der Waals surface area contributed by atoms with Crippen molar-refractivity contribution in [3.05, 3.63) is 144 Å². The van der Waals surface area contributed by atoms with Gasteiger partial charge in [0, 0.05) is 85.7 Å². The van der Waals surface area contributed by atoms with Gasteiger partial charge in [-0.15, -0.1) is 0 Å². The number of aryl methyl sites for hydroxylation is 1. The average Bonchev–Trinajstić information content (AvgIpc) is 4.31. The highest BCUT2D eigenvalue weighted by Crippen LogP contribution is 2.21. The summed E-state index contributed by atoms with van der Waals surface area (Å²) in [5.74, 6) is -5.16. The first-order chi connectivity index (χ1) is 38.0. The van der Waals surface area contributed by atoms with E-state index in [1.54, 1.807) is 37.3 Å². The molecular formula is C57H72N14O8. The van der Waals surface area contributed by atoms with Crippen LogP contribution in [0.3, 0.4) is 0 Å². The highest BCUT2D eigenvalue weighted by molar-refractivity contribution is 5.97. The summed E-state index contributed by atoms with van der Waals surface area (Å²) in [5.41, 5.74) is 10.3. The molecule has 22 heteroatoms. The first kappa shape index (κ1) is 58.0. The van der Waals surface area contributed by atoms with Crippen molar-refractivity contribution in [2.24, 2.45) is 11.7 Å². The van der Waals surface area contributed by atoms with Gasteiger partial charge in [0.15, 0.2) is 0 Å². The third-order valence-electron chi connectivity index (χ3n) is 14.1. The number of likely N-dealkylation sites (tertiary alicyclic amines) is 1. The van der Waals surface area contributed by atoms with Gasteiger partial charge in [-0.1, -0.05) is 92.7 Å². The number of fused-ring (bicyclic) bond motifs is 1. The smallest absolute Gasteiger partial charge is 0.245 e. The molecule has 79 heavy (non-hydrogen) atoms. The Morgan fingerprint density at radius 1 is 0.608 bits per heavy atom. The maximum absolute atomic E-state index is 14.4. The quantitative estimate of drug-likeness (QED) is 0.0335. The van der Waals surface area contributed by atoms with Crippen LogP contribution in [0.5, 0.6) is 0 Å². The van der Waals surface area contributed by atoms with E-state index in [1.165, 1.54) is 26.5 Å². The van der Waals surface area contributed by atoms with Crippen LogP contribution in [-0.2, 0) is 70.5 Å². The Labute approximate surface area is 458 Å². The number of para-hydroxylation sites is 1. The molecule has 8 atom stereocenters. The second kappa shape index (κ2) is 28.1. The van der Waals surface area contributed by atoms with Gasteiger partial charge in [-0.3, -0.25) is 38.4 Å². The van der Waals surface area contributed by atoms with Gasteiger partial charge in [0.1, 0.15) is 36.3 Å². The van der Waals surface area contributed by atoms with Crippen LogP contribution in [0.4, 0.5) is 0 Å². The number of nitrogens with zero attached hydrogens (tertiary/aromatic N) is 3. The number of nitrogens with one attached hydrogen (secondary N) is 10. The second-order valence-electron chi connectivity index (χ2n) is 20.4. The van der Waals surface area contributed by atoms with Crippen LogP contribution in [0, 0.1) is 5.92 Å². The van der Waals surface area contributed by atoms with Gasteiger partial charge in [-0.25, -0.2) is 9.97 Å². The minimum atomic E-state index is -1.24. The minimum absolute atomic E-state index is 0.00235. The molecule has 418 valence electrons. The molecule has 7 rings (SSSR count). The van der Waals surface area contributed by atoms with Crippen LogP contribution in [0.25, 0.3) is 10.9 Å². The first-order valence-corrected chi connectivity index (χ1v) is 26.7. The molecule has 0 saturated carbocycles. The van der Waals surface area contributed by atoms with Crippen molar-refractivity contribution in [2.45, 2.75) is 127 Å². The normalized spacial score (nSPS) is 15.9. The molecule has 22 nitrogen and oxygen atoms in total. The third kappa shape index (κ3) is 16.7. The van der Waals surface area contributed by atoms with E-state index < -0.39 is 83.7 Å². The van der Waals surface area contributed by atoms with Crippen molar-refractivity contribution in [1.82, 2.24) is 67.0 Å². The van der Waals surface area contributed by atoms with Crippen molar-refractivity contribution in [3.63, 3.8) is 0 Å². The number of rotatable bonds is 28. The molecule has 0 unspecified atom stereocenters. The SMILES string of the molecule is CC(C)[C@H](NC(=O)[C@H](C)NC(=O)[C@H](Cc1c[nH]c2ccccc12)NC(=O)[C@H](Cc1cnc[nH]1)NC(=O)CCc1ccccc1)C(=O)N[C@H](C)C(=O)N[C@@H](Cc1cnc[nH]1)C(=O)N1CCC[C@H]1CN[C@@H](Cc1ccccc1)C(N)=O. The fraction of sp³-hybridized carbons (Fsp3) is 0.404. The van der Waals surface area contributed by atoms with Crippen LogP contribution >= 0.6 is 0 Å². The lowest BCUT2D eigenvalue weighted by Gasteiger charge is -2.31. The summed E-state index contributed by atoms with van der Waals surface area (Å²) >= 11 is 0. The summed E-state index contributed by atoms with van der Waals surface area (Å²) in [7, 11) is 0. The van der Waals surface area contributed by atoms with E-state index in [0.29, 0.717) is 55.7 Å². The number of imidazole rings is 2. The number of hydrogen-bond acceptors (Lipinski definition) is 11. The first-order valence-electron chi connectivity index (χ1n) is 26.7. The van der Waals surface area contributed by atoms with E-state index in [-0.39, 0.29) is 43.5 Å². The van der Waals surface area contributed by atoms with Crippen LogP contribution in [0.2, 0.25) is 0 Å². The molecule has 4 heterocycles. The number of H-pyrrole nitrogens is 3. The zero-order valence-electron chi connectivity index (χ0n) is 44.9. The number of primary amides is 1. The summed E-state index contributed by atoms with van der Waals surface area (Å²) < 4.78 is 0. The molecule has 1 aliphatic rings. The number of amides is 8. The number of aromatic nitrogens is 5. The Bertz CT molecular complexity index is 2990. The van der Waals surface area contributed by atoms with Gasteiger partial charge in [-0.2, -0.15) is 0 Å². The molecular weight excluding hydrogens is 1010 g/mol. The van der Waals surface area contributed by atoms with Gasteiger partial charge in [0.05, 0.1) is 18.7 Å². The Morgan fingerprint density at radius 2 is 1.18 bits per heavy atom. The number of nitrogens with two attached hydrogens (primary N) is 1.